The fourth-order valence-electron chi connectivity index (χ4n) is 2.47. The second-order valence-electron chi connectivity index (χ2n) is 5.72. The number of hydrogen-bond acceptors (Lipinski definition) is 5. The molecule has 2 amide bonds. The van der Waals surface area contributed by atoms with E-state index in [0.717, 1.165) is 6.42 Å². The topological polar surface area (TPSA) is 93.7 Å². The molecule has 0 spiro atoms. The van der Waals surface area contributed by atoms with Gasteiger partial charge < -0.3 is 20.1 Å². The van der Waals surface area contributed by atoms with E-state index in [1.165, 1.54) is 0 Å². The highest BCUT2D eigenvalue weighted by atomic mass is 16.5. The lowest BCUT2D eigenvalue weighted by Gasteiger charge is -2.17. The van der Waals surface area contributed by atoms with Crippen LogP contribution in [-0.2, 0) is 19.1 Å². The fraction of sp³-hybridized carbons (Fsp3) is 0.526. The van der Waals surface area contributed by atoms with Crippen molar-refractivity contribution in [1.29, 1.82) is 0 Å². The van der Waals surface area contributed by atoms with Crippen LogP contribution in [0.15, 0.2) is 24.3 Å². The summed E-state index contributed by atoms with van der Waals surface area (Å²) in [5, 5.41) is 5.41. The fourth-order valence-corrected chi connectivity index (χ4v) is 2.47. The Balaban J connectivity index is 2.57. The SMILES string of the molecule is CCC[C@H](CC(=O)OCC)NC(=O)CC(=O)Nc1ccccc1OCC. The number of ether oxygens (including phenoxy) is 2. The van der Waals surface area contributed by atoms with Gasteiger partial charge >= 0.3 is 5.97 Å². The van der Waals surface area contributed by atoms with Gasteiger partial charge in [0.1, 0.15) is 12.2 Å². The number of nitrogens with one attached hydrogen (secondary N) is 2. The minimum absolute atomic E-state index is 0.0994. The zero-order valence-corrected chi connectivity index (χ0v) is 15.7. The molecular formula is C19H28N2O5. The third kappa shape index (κ3) is 8.00. The first-order valence-electron chi connectivity index (χ1n) is 8.96. The molecule has 0 radical (unpaired) electrons. The average molecular weight is 364 g/mol. The molecule has 0 bridgehead atoms. The van der Waals surface area contributed by atoms with Gasteiger partial charge in [0.15, 0.2) is 0 Å². The molecule has 0 aliphatic carbocycles. The van der Waals surface area contributed by atoms with Crippen LogP contribution in [0.2, 0.25) is 0 Å². The lowest BCUT2D eigenvalue weighted by atomic mass is 10.1. The van der Waals surface area contributed by atoms with Crippen molar-refractivity contribution >= 4 is 23.5 Å². The van der Waals surface area contributed by atoms with Crippen LogP contribution in [0.4, 0.5) is 5.69 Å². The van der Waals surface area contributed by atoms with E-state index in [9.17, 15) is 14.4 Å². The van der Waals surface area contributed by atoms with Gasteiger partial charge in [0.05, 0.1) is 25.3 Å². The predicted molar refractivity (Wildman–Crippen MR) is 98.9 cm³/mol. The summed E-state index contributed by atoms with van der Waals surface area (Å²) in [6, 6.07) is 6.69. The molecule has 2 N–H and O–H groups in total. The zero-order chi connectivity index (χ0) is 19.4. The van der Waals surface area contributed by atoms with Gasteiger partial charge in [0, 0.05) is 6.04 Å². The summed E-state index contributed by atoms with van der Waals surface area (Å²) in [7, 11) is 0. The van der Waals surface area contributed by atoms with Gasteiger partial charge in [-0.2, -0.15) is 0 Å². The number of anilines is 1. The van der Waals surface area contributed by atoms with Crippen molar-refractivity contribution in [2.24, 2.45) is 0 Å². The van der Waals surface area contributed by atoms with Crippen molar-refractivity contribution < 1.29 is 23.9 Å². The Kier molecular flexibility index (Phi) is 9.82. The minimum Gasteiger partial charge on any atom is -0.492 e. The third-order valence-corrected chi connectivity index (χ3v) is 3.50. The van der Waals surface area contributed by atoms with Crippen molar-refractivity contribution in [3.63, 3.8) is 0 Å². The molecule has 1 atom stereocenters. The van der Waals surface area contributed by atoms with E-state index in [1.54, 1.807) is 31.2 Å². The van der Waals surface area contributed by atoms with Gasteiger partial charge in [0.2, 0.25) is 11.8 Å². The molecule has 0 heterocycles. The normalized spacial score (nSPS) is 11.3. The van der Waals surface area contributed by atoms with Gasteiger partial charge in [-0.15, -0.1) is 0 Å². The second kappa shape index (κ2) is 11.9. The highest BCUT2D eigenvalue weighted by Crippen LogP contribution is 2.23. The van der Waals surface area contributed by atoms with Crippen molar-refractivity contribution in [1.82, 2.24) is 5.32 Å². The van der Waals surface area contributed by atoms with Crippen LogP contribution in [0, 0.1) is 0 Å². The molecule has 0 saturated heterocycles. The highest BCUT2D eigenvalue weighted by Gasteiger charge is 2.18. The molecule has 0 saturated carbocycles. The molecular weight excluding hydrogens is 336 g/mol. The van der Waals surface area contributed by atoms with E-state index in [0.29, 0.717) is 31.1 Å². The van der Waals surface area contributed by atoms with E-state index in [-0.39, 0.29) is 24.9 Å². The van der Waals surface area contributed by atoms with Crippen LogP contribution >= 0.6 is 0 Å². The second-order valence-corrected chi connectivity index (χ2v) is 5.72. The number of esters is 1. The molecule has 7 heteroatoms. The quantitative estimate of drug-likeness (QED) is 0.465. The molecule has 144 valence electrons. The van der Waals surface area contributed by atoms with Crippen LogP contribution < -0.4 is 15.4 Å². The summed E-state index contributed by atoms with van der Waals surface area (Å²) >= 11 is 0. The number of para-hydroxylation sites is 2. The van der Waals surface area contributed by atoms with Crippen molar-refractivity contribution in [2.75, 3.05) is 18.5 Å². The van der Waals surface area contributed by atoms with E-state index in [4.69, 9.17) is 9.47 Å². The smallest absolute Gasteiger partial charge is 0.307 e. The molecule has 0 fully saturated rings. The number of benzene rings is 1. The zero-order valence-electron chi connectivity index (χ0n) is 15.7. The van der Waals surface area contributed by atoms with E-state index in [2.05, 4.69) is 10.6 Å². The molecule has 1 aromatic rings. The summed E-state index contributed by atoms with van der Waals surface area (Å²) in [6.07, 6.45) is 1.21. The van der Waals surface area contributed by atoms with Crippen LogP contribution in [0.5, 0.6) is 5.75 Å². The maximum atomic E-state index is 12.1. The molecule has 1 rings (SSSR count). The first-order valence-corrected chi connectivity index (χ1v) is 8.96. The highest BCUT2D eigenvalue weighted by molar-refractivity contribution is 6.04. The first kappa shape index (κ1) is 21.5. The van der Waals surface area contributed by atoms with Gasteiger partial charge in [0.25, 0.3) is 0 Å². The Bertz CT molecular complexity index is 603. The van der Waals surface area contributed by atoms with Crippen LogP contribution in [0.25, 0.3) is 0 Å². The summed E-state index contributed by atoms with van der Waals surface area (Å²) in [5.74, 6) is -0.684. The summed E-state index contributed by atoms with van der Waals surface area (Å²) in [5.41, 5.74) is 0.517. The Labute approximate surface area is 154 Å². The van der Waals surface area contributed by atoms with Crippen LogP contribution in [0.1, 0.15) is 46.5 Å². The lowest BCUT2D eigenvalue weighted by molar-refractivity contribution is -0.143. The van der Waals surface area contributed by atoms with Crippen molar-refractivity contribution in [3.05, 3.63) is 24.3 Å². The Morgan fingerprint density at radius 1 is 1.04 bits per heavy atom. The van der Waals surface area contributed by atoms with E-state index < -0.39 is 11.8 Å². The maximum Gasteiger partial charge on any atom is 0.307 e. The Morgan fingerprint density at radius 2 is 1.77 bits per heavy atom. The monoisotopic (exact) mass is 364 g/mol. The largest absolute Gasteiger partial charge is 0.492 e. The average Bonchev–Trinajstić information content (AvgIpc) is 2.57. The summed E-state index contributed by atoms with van der Waals surface area (Å²) in [6.45, 7) is 6.31. The van der Waals surface area contributed by atoms with Gasteiger partial charge in [-0.05, 0) is 32.4 Å². The number of carbonyl (C=O) groups is 3. The predicted octanol–water partition coefficient (Wildman–Crippen LogP) is 2.65. The summed E-state index contributed by atoms with van der Waals surface area (Å²) in [4.78, 5) is 35.9. The van der Waals surface area contributed by atoms with Gasteiger partial charge in [-0.1, -0.05) is 25.5 Å². The Hall–Kier alpha value is -2.57. The molecule has 1 aromatic carbocycles. The minimum atomic E-state index is -0.443. The number of amides is 2. The molecule has 26 heavy (non-hydrogen) atoms. The van der Waals surface area contributed by atoms with Crippen molar-refractivity contribution in [2.45, 2.75) is 52.5 Å². The Morgan fingerprint density at radius 3 is 2.42 bits per heavy atom. The molecule has 0 aliphatic heterocycles. The molecule has 7 nitrogen and oxygen atoms in total. The maximum absolute atomic E-state index is 12.1. The van der Waals surface area contributed by atoms with E-state index >= 15 is 0 Å². The van der Waals surface area contributed by atoms with Crippen molar-refractivity contribution in [3.8, 4) is 5.75 Å². The van der Waals surface area contributed by atoms with Gasteiger partial charge in [-0.25, -0.2) is 0 Å². The molecule has 0 aromatic heterocycles. The molecule has 0 unspecified atom stereocenters. The third-order valence-electron chi connectivity index (χ3n) is 3.50. The standard InChI is InChI=1S/C19H28N2O5/c1-4-9-14(12-19(24)26-6-3)20-17(22)13-18(23)21-15-10-7-8-11-16(15)25-5-2/h7-8,10-11,14H,4-6,9,12-13H2,1-3H3,(H,20,22)(H,21,23)/t14-/m1/s1. The van der Waals surface area contributed by atoms with E-state index in [1.807, 2.05) is 13.8 Å². The van der Waals surface area contributed by atoms with Crippen LogP contribution in [0.3, 0.4) is 0 Å². The first-order chi connectivity index (χ1) is 12.5. The number of carbonyl (C=O) groups excluding carboxylic acids is 3. The summed E-state index contributed by atoms with van der Waals surface area (Å²) < 4.78 is 10.4. The lowest BCUT2D eigenvalue weighted by Crippen LogP contribution is -2.38. The molecule has 0 aliphatic rings. The van der Waals surface area contributed by atoms with Gasteiger partial charge in [-0.3, -0.25) is 14.4 Å². The number of hydrogen-bond donors (Lipinski definition) is 2. The number of rotatable bonds is 11. The van der Waals surface area contributed by atoms with Crippen LogP contribution in [-0.4, -0.2) is 37.0 Å².